The minimum absolute atomic E-state index is 0.255. The zero-order valence-electron chi connectivity index (χ0n) is 13.2. The van der Waals surface area contributed by atoms with Crippen molar-refractivity contribution < 1.29 is 14.3 Å². The number of halogens is 1. The molecular formula is C17H18ClNO3S. The van der Waals surface area contributed by atoms with Gasteiger partial charge in [-0.25, -0.2) is 0 Å². The van der Waals surface area contributed by atoms with E-state index in [0.717, 1.165) is 10.6 Å². The molecule has 0 aromatic heterocycles. The predicted octanol–water partition coefficient (Wildman–Crippen LogP) is 4.72. The summed E-state index contributed by atoms with van der Waals surface area (Å²) in [6.07, 6.45) is 1.96. The molecule has 6 heteroatoms. The van der Waals surface area contributed by atoms with Crippen molar-refractivity contribution in [1.29, 1.82) is 0 Å². The van der Waals surface area contributed by atoms with Gasteiger partial charge in [0.2, 0.25) is 0 Å². The molecule has 0 unspecified atom stereocenters. The molecule has 122 valence electrons. The zero-order chi connectivity index (χ0) is 16.8. The number of para-hydroxylation sites is 1. The first-order chi connectivity index (χ1) is 11.1. The molecule has 0 radical (unpaired) electrons. The number of nitrogens with one attached hydrogen (secondary N) is 1. The average molecular weight is 352 g/mol. The maximum absolute atomic E-state index is 12.5. The fourth-order valence-corrected chi connectivity index (χ4v) is 2.90. The molecular weight excluding hydrogens is 334 g/mol. The van der Waals surface area contributed by atoms with E-state index in [2.05, 4.69) is 5.32 Å². The predicted molar refractivity (Wildman–Crippen MR) is 95.3 cm³/mol. The zero-order valence-corrected chi connectivity index (χ0v) is 14.8. The first-order valence-corrected chi connectivity index (χ1v) is 8.65. The van der Waals surface area contributed by atoms with Crippen molar-refractivity contribution in [2.24, 2.45) is 0 Å². The van der Waals surface area contributed by atoms with Gasteiger partial charge < -0.3 is 14.8 Å². The molecule has 2 rings (SSSR count). The van der Waals surface area contributed by atoms with Gasteiger partial charge in [0.25, 0.3) is 5.91 Å². The van der Waals surface area contributed by atoms with E-state index in [1.165, 1.54) is 7.11 Å². The Morgan fingerprint density at radius 1 is 1.30 bits per heavy atom. The SMILES string of the molecule is CCOc1c(Cl)cc(C(=O)Nc2ccccc2SC)cc1OC. The molecule has 0 atom stereocenters. The third-order valence-electron chi connectivity index (χ3n) is 3.14. The number of benzene rings is 2. The Balaban J connectivity index is 2.31. The molecule has 1 amide bonds. The van der Waals surface area contributed by atoms with Crippen molar-refractivity contribution in [3.63, 3.8) is 0 Å². The van der Waals surface area contributed by atoms with Crippen LogP contribution >= 0.6 is 23.4 Å². The van der Waals surface area contributed by atoms with Gasteiger partial charge in [0.15, 0.2) is 11.5 Å². The van der Waals surface area contributed by atoms with Crippen molar-refractivity contribution in [3.05, 3.63) is 47.0 Å². The van der Waals surface area contributed by atoms with Gasteiger partial charge in [0, 0.05) is 10.5 Å². The van der Waals surface area contributed by atoms with E-state index in [0.29, 0.717) is 28.7 Å². The highest BCUT2D eigenvalue weighted by molar-refractivity contribution is 7.98. The highest BCUT2D eigenvalue weighted by atomic mass is 35.5. The molecule has 4 nitrogen and oxygen atoms in total. The molecule has 0 heterocycles. The van der Waals surface area contributed by atoms with Crippen molar-refractivity contribution in [3.8, 4) is 11.5 Å². The van der Waals surface area contributed by atoms with E-state index < -0.39 is 0 Å². The Labute approximate surface area is 145 Å². The Morgan fingerprint density at radius 2 is 2.04 bits per heavy atom. The van der Waals surface area contributed by atoms with E-state index in [1.54, 1.807) is 23.9 Å². The first kappa shape index (κ1) is 17.5. The lowest BCUT2D eigenvalue weighted by molar-refractivity contribution is 0.102. The summed E-state index contributed by atoms with van der Waals surface area (Å²) in [6.45, 7) is 2.32. The fraction of sp³-hybridized carbons (Fsp3) is 0.235. The number of hydrogen-bond acceptors (Lipinski definition) is 4. The Morgan fingerprint density at radius 3 is 2.70 bits per heavy atom. The molecule has 0 aliphatic carbocycles. The van der Waals surface area contributed by atoms with E-state index in [1.807, 2.05) is 37.4 Å². The number of thioether (sulfide) groups is 1. The second-order valence-corrected chi connectivity index (χ2v) is 5.83. The van der Waals surface area contributed by atoms with Crippen LogP contribution in [0, 0.1) is 0 Å². The van der Waals surface area contributed by atoms with Gasteiger partial charge in [0.05, 0.1) is 24.4 Å². The topological polar surface area (TPSA) is 47.6 Å². The number of hydrogen-bond donors (Lipinski definition) is 1. The monoisotopic (exact) mass is 351 g/mol. The van der Waals surface area contributed by atoms with Crippen LogP contribution < -0.4 is 14.8 Å². The Bertz CT molecular complexity index is 706. The summed E-state index contributed by atoms with van der Waals surface area (Å²) in [5.41, 5.74) is 1.17. The van der Waals surface area contributed by atoms with Gasteiger partial charge in [-0.1, -0.05) is 23.7 Å². The van der Waals surface area contributed by atoms with E-state index in [4.69, 9.17) is 21.1 Å². The van der Waals surface area contributed by atoms with Gasteiger partial charge in [0.1, 0.15) is 0 Å². The van der Waals surface area contributed by atoms with E-state index in [9.17, 15) is 4.79 Å². The molecule has 23 heavy (non-hydrogen) atoms. The molecule has 0 fully saturated rings. The highest BCUT2D eigenvalue weighted by Crippen LogP contribution is 2.36. The van der Waals surface area contributed by atoms with Gasteiger partial charge in [-0.05, 0) is 37.4 Å². The maximum Gasteiger partial charge on any atom is 0.255 e. The smallest absolute Gasteiger partial charge is 0.255 e. The molecule has 0 aliphatic heterocycles. The largest absolute Gasteiger partial charge is 0.493 e. The maximum atomic E-state index is 12.5. The first-order valence-electron chi connectivity index (χ1n) is 7.05. The normalized spacial score (nSPS) is 10.3. The van der Waals surface area contributed by atoms with Crippen LogP contribution in [-0.2, 0) is 0 Å². The summed E-state index contributed by atoms with van der Waals surface area (Å²) in [6, 6.07) is 10.8. The molecule has 2 aromatic rings. The quantitative estimate of drug-likeness (QED) is 0.765. The number of anilines is 1. The summed E-state index contributed by atoms with van der Waals surface area (Å²) in [7, 11) is 1.51. The van der Waals surface area contributed by atoms with Crippen LogP contribution in [0.3, 0.4) is 0 Å². The second kappa shape index (κ2) is 8.13. The van der Waals surface area contributed by atoms with Gasteiger partial charge in [-0.15, -0.1) is 11.8 Å². The van der Waals surface area contributed by atoms with Gasteiger partial charge >= 0.3 is 0 Å². The summed E-state index contributed by atoms with van der Waals surface area (Å²) >= 11 is 7.78. The summed E-state index contributed by atoms with van der Waals surface area (Å²) < 4.78 is 10.7. The number of carbonyl (C=O) groups excluding carboxylic acids is 1. The lowest BCUT2D eigenvalue weighted by Gasteiger charge is -2.14. The number of methoxy groups -OCH3 is 1. The Kier molecular flexibility index (Phi) is 6.19. The van der Waals surface area contributed by atoms with Crippen molar-refractivity contribution >= 4 is 35.0 Å². The minimum atomic E-state index is -0.255. The van der Waals surface area contributed by atoms with Gasteiger partial charge in [-0.3, -0.25) is 4.79 Å². The average Bonchev–Trinajstić information content (AvgIpc) is 2.57. The fourth-order valence-electron chi connectivity index (χ4n) is 2.08. The molecule has 0 bridgehead atoms. The third kappa shape index (κ3) is 4.12. The van der Waals surface area contributed by atoms with Crippen molar-refractivity contribution in [2.45, 2.75) is 11.8 Å². The molecule has 0 saturated carbocycles. The molecule has 1 N–H and O–H groups in total. The van der Waals surface area contributed by atoms with E-state index >= 15 is 0 Å². The van der Waals surface area contributed by atoms with Crippen molar-refractivity contribution in [1.82, 2.24) is 0 Å². The highest BCUT2D eigenvalue weighted by Gasteiger charge is 2.16. The van der Waals surface area contributed by atoms with Crippen LogP contribution in [0.25, 0.3) is 0 Å². The van der Waals surface area contributed by atoms with Crippen LogP contribution in [-0.4, -0.2) is 25.9 Å². The number of ether oxygens (including phenoxy) is 2. The van der Waals surface area contributed by atoms with Crippen LogP contribution in [0.5, 0.6) is 11.5 Å². The van der Waals surface area contributed by atoms with Crippen LogP contribution in [0.15, 0.2) is 41.3 Å². The number of amides is 1. The van der Waals surface area contributed by atoms with Crippen LogP contribution in [0.2, 0.25) is 5.02 Å². The molecule has 2 aromatic carbocycles. The van der Waals surface area contributed by atoms with Gasteiger partial charge in [-0.2, -0.15) is 0 Å². The lowest BCUT2D eigenvalue weighted by atomic mass is 10.1. The second-order valence-electron chi connectivity index (χ2n) is 4.58. The summed E-state index contributed by atoms with van der Waals surface area (Å²) in [5.74, 6) is 0.620. The van der Waals surface area contributed by atoms with Crippen LogP contribution in [0.4, 0.5) is 5.69 Å². The molecule has 0 saturated heterocycles. The molecule has 0 aliphatic rings. The third-order valence-corrected chi connectivity index (χ3v) is 4.21. The molecule has 0 spiro atoms. The summed E-state index contributed by atoms with van der Waals surface area (Å²) in [4.78, 5) is 13.5. The van der Waals surface area contributed by atoms with Crippen molar-refractivity contribution in [2.75, 3.05) is 25.3 Å². The Hall–Kier alpha value is -1.85. The number of carbonyl (C=O) groups is 1. The lowest BCUT2D eigenvalue weighted by Crippen LogP contribution is -2.13. The van der Waals surface area contributed by atoms with E-state index in [-0.39, 0.29) is 5.91 Å². The standard InChI is InChI=1S/C17H18ClNO3S/c1-4-22-16-12(18)9-11(10-14(16)21-2)17(20)19-13-7-5-6-8-15(13)23-3/h5-10H,4H2,1-3H3,(H,19,20). The number of rotatable bonds is 6. The van der Waals surface area contributed by atoms with Crippen LogP contribution in [0.1, 0.15) is 17.3 Å². The summed E-state index contributed by atoms with van der Waals surface area (Å²) in [5, 5.41) is 3.24. The minimum Gasteiger partial charge on any atom is -0.493 e.